The van der Waals surface area contributed by atoms with Crippen LogP contribution >= 0.6 is 0 Å². The van der Waals surface area contributed by atoms with E-state index < -0.39 is 0 Å². The summed E-state index contributed by atoms with van der Waals surface area (Å²) in [6.07, 6.45) is 4.47. The summed E-state index contributed by atoms with van der Waals surface area (Å²) in [5.41, 5.74) is 5.29. The Morgan fingerprint density at radius 2 is 2.30 bits per heavy atom. The Kier molecular flexibility index (Phi) is 4.24. The third-order valence-corrected chi connectivity index (χ3v) is 2.89. The van der Waals surface area contributed by atoms with Gasteiger partial charge in [0.1, 0.15) is 19.2 Å². The van der Waals surface area contributed by atoms with Crippen molar-refractivity contribution in [3.05, 3.63) is 29.6 Å². The highest BCUT2D eigenvalue weighted by Crippen LogP contribution is 2.09. The number of hydrazone groups is 1. The second-order valence-corrected chi connectivity index (χ2v) is 4.29. The fourth-order valence-electron chi connectivity index (χ4n) is 1.87. The predicted molar refractivity (Wildman–Crippen MR) is 73.1 cm³/mol. The number of nitrogens with one attached hydrogen (secondary N) is 1. The van der Waals surface area contributed by atoms with Gasteiger partial charge >= 0.3 is 0 Å². The number of amides is 1. The number of aromatic nitrogens is 5. The number of carbonyl (C=O) groups excluding carboxylic acids is 1. The Bertz CT molecular complexity index is 612. The van der Waals surface area contributed by atoms with Gasteiger partial charge in [0.2, 0.25) is 0 Å². The molecule has 0 aliphatic rings. The van der Waals surface area contributed by atoms with Gasteiger partial charge in [0.05, 0.1) is 11.9 Å². The first-order valence-corrected chi connectivity index (χ1v) is 6.30. The summed E-state index contributed by atoms with van der Waals surface area (Å²) in [5.74, 6) is -0.259. The molecule has 0 bridgehead atoms. The minimum Gasteiger partial charge on any atom is -0.271 e. The molecule has 0 radical (unpaired) electrons. The molecular weight excluding hydrogens is 258 g/mol. The van der Waals surface area contributed by atoms with E-state index in [1.54, 1.807) is 6.21 Å². The summed E-state index contributed by atoms with van der Waals surface area (Å²) >= 11 is 0. The van der Waals surface area contributed by atoms with Gasteiger partial charge in [-0.15, -0.1) is 0 Å². The van der Waals surface area contributed by atoms with Crippen molar-refractivity contribution in [2.75, 3.05) is 0 Å². The number of carbonyl (C=O) groups is 1. The number of hydrogen-bond acceptors (Lipinski definition) is 5. The lowest BCUT2D eigenvalue weighted by Crippen LogP contribution is -2.23. The van der Waals surface area contributed by atoms with E-state index in [4.69, 9.17) is 0 Å². The molecule has 2 heterocycles. The lowest BCUT2D eigenvalue weighted by molar-refractivity contribution is -0.121. The molecular formula is C12H17N7O. The maximum absolute atomic E-state index is 11.6. The topological polar surface area (TPSA) is 90.0 Å². The van der Waals surface area contributed by atoms with Gasteiger partial charge in [0.25, 0.3) is 5.91 Å². The van der Waals surface area contributed by atoms with E-state index in [1.807, 2.05) is 25.5 Å². The Balaban J connectivity index is 1.96. The largest absolute Gasteiger partial charge is 0.271 e. The minimum atomic E-state index is -0.259. The van der Waals surface area contributed by atoms with E-state index in [1.165, 1.54) is 17.3 Å². The van der Waals surface area contributed by atoms with E-state index >= 15 is 0 Å². The zero-order chi connectivity index (χ0) is 14.5. The van der Waals surface area contributed by atoms with Gasteiger partial charge in [-0.3, -0.25) is 9.48 Å². The van der Waals surface area contributed by atoms with Crippen molar-refractivity contribution < 1.29 is 4.79 Å². The van der Waals surface area contributed by atoms with Crippen LogP contribution in [0.4, 0.5) is 0 Å². The SMILES string of the molecule is CCn1nc(C)c(/C=N\NC(=O)Cn2cncn2)c1C. The van der Waals surface area contributed by atoms with Crippen LogP contribution in [0.3, 0.4) is 0 Å². The lowest BCUT2D eigenvalue weighted by Gasteiger charge is -2.00. The van der Waals surface area contributed by atoms with Crippen molar-refractivity contribution in [2.45, 2.75) is 33.9 Å². The van der Waals surface area contributed by atoms with Crippen LogP contribution in [0.1, 0.15) is 23.9 Å². The molecule has 0 saturated carbocycles. The maximum Gasteiger partial charge on any atom is 0.261 e. The zero-order valence-electron chi connectivity index (χ0n) is 11.7. The third-order valence-electron chi connectivity index (χ3n) is 2.89. The maximum atomic E-state index is 11.6. The summed E-state index contributed by atoms with van der Waals surface area (Å²) < 4.78 is 3.32. The van der Waals surface area contributed by atoms with Gasteiger partial charge in [0, 0.05) is 17.8 Å². The molecule has 1 amide bonds. The molecule has 1 N–H and O–H groups in total. The summed E-state index contributed by atoms with van der Waals surface area (Å²) in [4.78, 5) is 15.4. The first-order chi connectivity index (χ1) is 9.61. The summed E-state index contributed by atoms with van der Waals surface area (Å²) in [5, 5.41) is 12.2. The average Bonchev–Trinajstić information content (AvgIpc) is 3.01. The van der Waals surface area contributed by atoms with Crippen molar-refractivity contribution in [3.63, 3.8) is 0 Å². The molecule has 0 atom stereocenters. The van der Waals surface area contributed by atoms with Gasteiger partial charge in [-0.05, 0) is 20.8 Å². The molecule has 0 aliphatic heterocycles. The van der Waals surface area contributed by atoms with Crippen LogP contribution in [-0.4, -0.2) is 36.7 Å². The third kappa shape index (κ3) is 3.08. The first-order valence-electron chi connectivity index (χ1n) is 6.30. The quantitative estimate of drug-likeness (QED) is 0.626. The van der Waals surface area contributed by atoms with Crippen LogP contribution < -0.4 is 5.43 Å². The van der Waals surface area contributed by atoms with Crippen LogP contribution in [0.25, 0.3) is 0 Å². The number of nitrogens with zero attached hydrogens (tertiary/aromatic N) is 6. The van der Waals surface area contributed by atoms with E-state index in [0.717, 1.165) is 23.5 Å². The smallest absolute Gasteiger partial charge is 0.261 e. The number of aryl methyl sites for hydroxylation is 2. The minimum absolute atomic E-state index is 0.0868. The zero-order valence-corrected chi connectivity index (χ0v) is 11.7. The highest BCUT2D eigenvalue weighted by molar-refractivity contribution is 5.84. The summed E-state index contributed by atoms with van der Waals surface area (Å²) in [6, 6.07) is 0. The summed E-state index contributed by atoms with van der Waals surface area (Å²) in [7, 11) is 0. The van der Waals surface area contributed by atoms with Crippen molar-refractivity contribution >= 4 is 12.1 Å². The van der Waals surface area contributed by atoms with Crippen LogP contribution in [-0.2, 0) is 17.9 Å². The van der Waals surface area contributed by atoms with Crippen LogP contribution in [0.5, 0.6) is 0 Å². The molecule has 0 aliphatic carbocycles. The van der Waals surface area contributed by atoms with Crippen molar-refractivity contribution in [2.24, 2.45) is 5.10 Å². The molecule has 106 valence electrons. The van der Waals surface area contributed by atoms with Crippen LogP contribution in [0.15, 0.2) is 17.8 Å². The molecule has 0 aromatic carbocycles. The molecule has 0 saturated heterocycles. The van der Waals surface area contributed by atoms with Crippen molar-refractivity contribution in [1.82, 2.24) is 30.0 Å². The Morgan fingerprint density at radius 1 is 1.50 bits per heavy atom. The molecule has 2 aromatic heterocycles. The fourth-order valence-corrected chi connectivity index (χ4v) is 1.87. The van der Waals surface area contributed by atoms with Gasteiger partial charge < -0.3 is 0 Å². The standard InChI is InChI=1S/C12H17N7O/c1-4-19-10(3)11(9(2)17-19)5-14-16-12(20)6-18-8-13-7-15-18/h5,7-8H,4,6H2,1-3H3,(H,16,20)/b14-5-. The Morgan fingerprint density at radius 3 is 2.90 bits per heavy atom. The number of rotatable bonds is 5. The monoisotopic (exact) mass is 275 g/mol. The number of hydrogen-bond donors (Lipinski definition) is 1. The van der Waals surface area contributed by atoms with Gasteiger partial charge in [-0.25, -0.2) is 15.1 Å². The average molecular weight is 275 g/mol. The van der Waals surface area contributed by atoms with Crippen molar-refractivity contribution in [1.29, 1.82) is 0 Å². The van der Waals surface area contributed by atoms with Gasteiger partial charge in [-0.1, -0.05) is 0 Å². The highest BCUT2D eigenvalue weighted by Gasteiger charge is 2.08. The molecule has 0 fully saturated rings. The molecule has 2 aromatic rings. The lowest BCUT2D eigenvalue weighted by atomic mass is 10.2. The normalized spacial score (nSPS) is 11.2. The van der Waals surface area contributed by atoms with Gasteiger partial charge in [0.15, 0.2) is 0 Å². The molecule has 0 spiro atoms. The van der Waals surface area contributed by atoms with E-state index in [9.17, 15) is 4.79 Å². The van der Waals surface area contributed by atoms with Gasteiger partial charge in [-0.2, -0.15) is 15.3 Å². The Hall–Kier alpha value is -2.51. The Labute approximate surface area is 116 Å². The summed E-state index contributed by atoms with van der Waals surface area (Å²) in [6.45, 7) is 6.81. The van der Waals surface area contributed by atoms with E-state index in [-0.39, 0.29) is 12.5 Å². The van der Waals surface area contributed by atoms with Crippen molar-refractivity contribution in [3.8, 4) is 0 Å². The van der Waals surface area contributed by atoms with E-state index in [2.05, 4.69) is 25.7 Å². The first kappa shape index (κ1) is 13.9. The highest BCUT2D eigenvalue weighted by atomic mass is 16.2. The predicted octanol–water partition coefficient (Wildman–Crippen LogP) is 0.262. The molecule has 20 heavy (non-hydrogen) atoms. The molecule has 8 nitrogen and oxygen atoms in total. The molecule has 2 rings (SSSR count). The second-order valence-electron chi connectivity index (χ2n) is 4.29. The molecule has 0 unspecified atom stereocenters. The molecule has 8 heteroatoms. The van der Waals surface area contributed by atoms with Crippen LogP contribution in [0, 0.1) is 13.8 Å². The van der Waals surface area contributed by atoms with E-state index in [0.29, 0.717) is 0 Å². The second kappa shape index (κ2) is 6.09. The van der Waals surface area contributed by atoms with Crippen LogP contribution in [0.2, 0.25) is 0 Å². The fraction of sp³-hybridized carbons (Fsp3) is 0.417.